The number of hydrogen-bond donors (Lipinski definition) is 1. The fraction of sp³-hybridized carbons (Fsp3) is 0.0556. The number of fused-ring (bicyclic) bond motifs is 1. The zero-order valence-electron chi connectivity index (χ0n) is 13.3. The molecule has 5 nitrogen and oxygen atoms in total. The lowest BCUT2D eigenvalue weighted by atomic mass is 10.2. The van der Waals surface area contributed by atoms with E-state index in [2.05, 4.69) is 15.5 Å². The van der Waals surface area contributed by atoms with Crippen molar-refractivity contribution >= 4 is 45.1 Å². The number of hydrogen-bond acceptors (Lipinski definition) is 6. The highest BCUT2D eigenvalue weighted by Gasteiger charge is 2.15. The molecule has 8 heteroatoms. The molecule has 0 spiro atoms. The number of benzene rings is 2. The molecule has 0 bridgehead atoms. The van der Waals surface area contributed by atoms with Gasteiger partial charge in [0, 0.05) is 11.1 Å². The van der Waals surface area contributed by atoms with Crippen LogP contribution in [0.1, 0.15) is 16.1 Å². The Morgan fingerprint density at radius 2 is 1.96 bits per heavy atom. The summed E-state index contributed by atoms with van der Waals surface area (Å²) in [4.78, 5) is 12.3. The van der Waals surface area contributed by atoms with Crippen LogP contribution >= 0.6 is 23.1 Å². The van der Waals surface area contributed by atoms with Gasteiger partial charge in [0.2, 0.25) is 5.13 Å². The van der Waals surface area contributed by atoms with Crippen molar-refractivity contribution in [2.45, 2.75) is 10.1 Å². The SMILES string of the molecule is O=C(Nc1nnc(SCc2ccc(F)cc2)s1)c1cc2ccccc2o1. The third-order valence-corrected chi connectivity index (χ3v) is 5.59. The van der Waals surface area contributed by atoms with E-state index >= 15 is 0 Å². The zero-order valence-corrected chi connectivity index (χ0v) is 14.9. The molecule has 130 valence electrons. The van der Waals surface area contributed by atoms with Gasteiger partial charge in [0.1, 0.15) is 11.4 Å². The molecule has 2 heterocycles. The van der Waals surface area contributed by atoms with Gasteiger partial charge < -0.3 is 4.42 Å². The van der Waals surface area contributed by atoms with Gasteiger partial charge in [-0.15, -0.1) is 10.2 Å². The van der Waals surface area contributed by atoms with Crippen molar-refractivity contribution in [2.24, 2.45) is 0 Å². The number of carbonyl (C=O) groups is 1. The summed E-state index contributed by atoms with van der Waals surface area (Å²) >= 11 is 2.75. The maximum absolute atomic E-state index is 12.9. The number of thioether (sulfide) groups is 1. The van der Waals surface area contributed by atoms with E-state index in [0.717, 1.165) is 10.9 Å². The van der Waals surface area contributed by atoms with Crippen LogP contribution in [0.4, 0.5) is 9.52 Å². The molecule has 0 saturated carbocycles. The first-order valence-electron chi connectivity index (χ1n) is 7.68. The highest BCUT2D eigenvalue weighted by atomic mass is 32.2. The lowest BCUT2D eigenvalue weighted by Crippen LogP contribution is -2.10. The van der Waals surface area contributed by atoms with E-state index in [1.807, 2.05) is 18.2 Å². The van der Waals surface area contributed by atoms with Crippen molar-refractivity contribution in [1.29, 1.82) is 0 Å². The summed E-state index contributed by atoms with van der Waals surface area (Å²) in [6.45, 7) is 0. The van der Waals surface area contributed by atoms with Gasteiger partial charge in [-0.3, -0.25) is 10.1 Å². The molecule has 4 rings (SSSR count). The number of para-hydroxylation sites is 1. The maximum Gasteiger partial charge on any atom is 0.293 e. The van der Waals surface area contributed by atoms with Crippen LogP contribution in [-0.2, 0) is 5.75 Å². The van der Waals surface area contributed by atoms with E-state index in [-0.39, 0.29) is 17.5 Å². The van der Waals surface area contributed by atoms with Crippen molar-refractivity contribution in [3.05, 3.63) is 71.7 Å². The maximum atomic E-state index is 12.9. The molecule has 0 aliphatic heterocycles. The molecule has 0 atom stereocenters. The van der Waals surface area contributed by atoms with Gasteiger partial charge in [-0.1, -0.05) is 53.4 Å². The Kier molecular flexibility index (Phi) is 4.68. The van der Waals surface area contributed by atoms with Crippen LogP contribution in [0.15, 0.2) is 63.4 Å². The van der Waals surface area contributed by atoms with Crippen LogP contribution in [0, 0.1) is 5.82 Å². The Labute approximate surface area is 156 Å². The predicted octanol–water partition coefficient (Wildman–Crippen LogP) is 4.97. The first-order chi connectivity index (χ1) is 12.7. The van der Waals surface area contributed by atoms with Gasteiger partial charge in [0.05, 0.1) is 0 Å². The van der Waals surface area contributed by atoms with Gasteiger partial charge in [-0.25, -0.2) is 4.39 Å². The Bertz CT molecular complexity index is 1030. The third-order valence-electron chi connectivity index (χ3n) is 3.55. The molecule has 0 aliphatic carbocycles. The van der Waals surface area contributed by atoms with Crippen molar-refractivity contribution in [1.82, 2.24) is 10.2 Å². The van der Waals surface area contributed by atoms with E-state index < -0.39 is 0 Å². The Morgan fingerprint density at radius 3 is 2.77 bits per heavy atom. The summed E-state index contributed by atoms with van der Waals surface area (Å²) in [5.41, 5.74) is 1.64. The number of aromatic nitrogens is 2. The molecule has 0 unspecified atom stereocenters. The van der Waals surface area contributed by atoms with Gasteiger partial charge in [-0.2, -0.15) is 0 Å². The summed E-state index contributed by atoms with van der Waals surface area (Å²) < 4.78 is 19.2. The Balaban J connectivity index is 1.39. The van der Waals surface area contributed by atoms with Gasteiger partial charge in [0.15, 0.2) is 10.1 Å². The highest BCUT2D eigenvalue weighted by Crippen LogP contribution is 2.29. The third kappa shape index (κ3) is 3.76. The molecule has 0 saturated heterocycles. The average Bonchev–Trinajstić information content (AvgIpc) is 3.28. The number of rotatable bonds is 5. The standard InChI is InChI=1S/C18H12FN3O2S2/c19-13-7-5-11(6-8-13)10-25-18-22-21-17(26-18)20-16(23)15-9-12-3-1-2-4-14(12)24-15/h1-9H,10H2,(H,20,21,23). The van der Waals surface area contributed by atoms with Crippen molar-refractivity contribution in [2.75, 3.05) is 5.32 Å². The predicted molar refractivity (Wildman–Crippen MR) is 100 cm³/mol. The van der Waals surface area contributed by atoms with Gasteiger partial charge in [0.25, 0.3) is 5.91 Å². The average molecular weight is 385 g/mol. The molecule has 0 aliphatic rings. The fourth-order valence-electron chi connectivity index (χ4n) is 2.30. The Hall–Kier alpha value is -2.71. The molecule has 2 aromatic carbocycles. The summed E-state index contributed by atoms with van der Waals surface area (Å²) in [5.74, 6) is 0.242. The van der Waals surface area contributed by atoms with E-state index in [1.54, 1.807) is 24.3 Å². The molecule has 2 aromatic heterocycles. The summed E-state index contributed by atoms with van der Waals surface area (Å²) in [6, 6.07) is 15.4. The number of carbonyl (C=O) groups excluding carboxylic acids is 1. The second kappa shape index (κ2) is 7.27. The minimum absolute atomic E-state index is 0.224. The first kappa shape index (κ1) is 16.7. The van der Waals surface area contributed by atoms with Crippen LogP contribution in [0.2, 0.25) is 0 Å². The van der Waals surface area contributed by atoms with E-state index in [4.69, 9.17) is 4.42 Å². The topological polar surface area (TPSA) is 68.0 Å². The van der Waals surface area contributed by atoms with Crippen molar-refractivity contribution in [3.63, 3.8) is 0 Å². The smallest absolute Gasteiger partial charge is 0.293 e. The number of nitrogens with zero attached hydrogens (tertiary/aromatic N) is 2. The van der Waals surface area contributed by atoms with E-state index in [0.29, 0.717) is 20.8 Å². The van der Waals surface area contributed by atoms with Crippen molar-refractivity contribution in [3.8, 4) is 0 Å². The van der Waals surface area contributed by atoms with Crippen LogP contribution in [0.5, 0.6) is 0 Å². The molecular weight excluding hydrogens is 373 g/mol. The molecule has 4 aromatic rings. The number of anilines is 1. The minimum Gasteiger partial charge on any atom is -0.451 e. The molecular formula is C18H12FN3O2S2. The van der Waals surface area contributed by atoms with Crippen LogP contribution in [0.25, 0.3) is 11.0 Å². The second-order valence-corrected chi connectivity index (χ2v) is 7.59. The highest BCUT2D eigenvalue weighted by molar-refractivity contribution is 8.00. The number of nitrogens with one attached hydrogen (secondary N) is 1. The number of halogens is 1. The number of amides is 1. The molecule has 0 radical (unpaired) electrons. The molecule has 1 N–H and O–H groups in total. The summed E-state index contributed by atoms with van der Waals surface area (Å²) in [7, 11) is 0. The first-order valence-corrected chi connectivity index (χ1v) is 9.48. The van der Waals surface area contributed by atoms with E-state index in [1.165, 1.54) is 35.2 Å². The monoisotopic (exact) mass is 385 g/mol. The second-order valence-electron chi connectivity index (χ2n) is 5.39. The quantitative estimate of drug-likeness (QED) is 0.388. The lowest BCUT2D eigenvalue weighted by Gasteiger charge is -1.98. The molecule has 0 fully saturated rings. The lowest BCUT2D eigenvalue weighted by molar-refractivity contribution is 0.0998. The molecule has 26 heavy (non-hydrogen) atoms. The van der Waals surface area contributed by atoms with E-state index in [9.17, 15) is 9.18 Å². The molecule has 1 amide bonds. The van der Waals surface area contributed by atoms with Gasteiger partial charge >= 0.3 is 0 Å². The zero-order chi connectivity index (χ0) is 17.9. The minimum atomic E-state index is -0.368. The normalized spacial score (nSPS) is 11.0. The van der Waals surface area contributed by atoms with Crippen LogP contribution < -0.4 is 5.32 Å². The van der Waals surface area contributed by atoms with Crippen LogP contribution in [-0.4, -0.2) is 16.1 Å². The summed E-state index contributed by atoms with van der Waals surface area (Å²) in [5, 5.41) is 12.0. The number of furan rings is 1. The van der Waals surface area contributed by atoms with Crippen molar-refractivity contribution < 1.29 is 13.6 Å². The van der Waals surface area contributed by atoms with Gasteiger partial charge in [-0.05, 0) is 29.8 Å². The van der Waals surface area contributed by atoms with Crippen LogP contribution in [0.3, 0.4) is 0 Å². The summed E-state index contributed by atoms with van der Waals surface area (Å²) in [6.07, 6.45) is 0. The fourth-order valence-corrected chi connectivity index (χ4v) is 4.00. The Morgan fingerprint density at radius 1 is 1.15 bits per heavy atom. The largest absolute Gasteiger partial charge is 0.451 e.